The van der Waals surface area contributed by atoms with Crippen molar-refractivity contribution in [3.8, 4) is 0 Å². The zero-order valence-corrected chi connectivity index (χ0v) is 12.5. The lowest BCUT2D eigenvalue weighted by atomic mass is 10.2. The van der Waals surface area contributed by atoms with Crippen LogP contribution < -0.4 is 21.0 Å². The number of carbonyl (C=O) groups excluding carboxylic acids is 2. The molecule has 0 saturated carbocycles. The standard InChI is InChI=1S/C17H14N4O3/c1-11-15(16(22)21(20-11)12-7-3-2-4-8-12)19-18-14-10-6-5-9-13(14)17(23)24/h2-10,18,20H,1H2,(H,23,24)/p-1. The number of rotatable bonds is 4. The Hall–Kier alpha value is -3.61. The molecule has 1 heterocycles. The third-order valence-corrected chi connectivity index (χ3v) is 3.39. The van der Waals surface area contributed by atoms with Crippen molar-refractivity contribution < 1.29 is 14.7 Å². The molecule has 0 unspecified atom stereocenters. The second-order valence-electron chi connectivity index (χ2n) is 4.97. The predicted octanol–water partition coefficient (Wildman–Crippen LogP) is 0.883. The van der Waals surface area contributed by atoms with E-state index in [9.17, 15) is 14.7 Å². The van der Waals surface area contributed by atoms with Crippen molar-refractivity contribution in [3.63, 3.8) is 0 Å². The molecule has 3 rings (SSSR count). The van der Waals surface area contributed by atoms with E-state index in [1.807, 2.05) is 6.07 Å². The Balaban J connectivity index is 1.85. The van der Waals surface area contributed by atoms with Crippen LogP contribution in [0.15, 0.2) is 72.0 Å². The Kier molecular flexibility index (Phi) is 3.98. The normalized spacial score (nSPS) is 15.5. The highest BCUT2D eigenvalue weighted by Crippen LogP contribution is 2.19. The number of hydrazine groups is 1. The summed E-state index contributed by atoms with van der Waals surface area (Å²) in [5.74, 6) is -1.73. The van der Waals surface area contributed by atoms with E-state index in [0.29, 0.717) is 11.4 Å². The zero-order chi connectivity index (χ0) is 17.1. The molecule has 0 spiro atoms. The van der Waals surface area contributed by atoms with Gasteiger partial charge in [0.1, 0.15) is 0 Å². The quantitative estimate of drug-likeness (QED) is 0.815. The minimum absolute atomic E-state index is 0.0502. The number of para-hydroxylation sites is 2. The number of nitrogens with one attached hydrogen (secondary N) is 2. The van der Waals surface area contributed by atoms with Gasteiger partial charge in [0.05, 0.1) is 23.0 Å². The van der Waals surface area contributed by atoms with Crippen molar-refractivity contribution in [2.75, 3.05) is 10.4 Å². The Morgan fingerprint density at radius 1 is 1.12 bits per heavy atom. The minimum Gasteiger partial charge on any atom is -0.545 e. The van der Waals surface area contributed by atoms with E-state index < -0.39 is 11.9 Å². The molecule has 0 radical (unpaired) electrons. The number of amides is 1. The number of hydrazone groups is 1. The topological polar surface area (TPSA) is 96.9 Å². The molecule has 1 fully saturated rings. The predicted molar refractivity (Wildman–Crippen MR) is 88.0 cm³/mol. The van der Waals surface area contributed by atoms with Gasteiger partial charge in [-0.2, -0.15) is 5.10 Å². The Bertz CT molecular complexity index is 846. The van der Waals surface area contributed by atoms with Gasteiger partial charge in [0.25, 0.3) is 5.91 Å². The molecule has 120 valence electrons. The molecule has 1 aliphatic rings. The summed E-state index contributed by atoms with van der Waals surface area (Å²) in [6.45, 7) is 3.76. The highest BCUT2D eigenvalue weighted by Gasteiger charge is 2.32. The summed E-state index contributed by atoms with van der Waals surface area (Å²) in [5.41, 5.74) is 6.61. The van der Waals surface area contributed by atoms with Crippen LogP contribution in [0.25, 0.3) is 0 Å². The van der Waals surface area contributed by atoms with Crippen LogP contribution in [0.2, 0.25) is 0 Å². The van der Waals surface area contributed by atoms with E-state index in [2.05, 4.69) is 22.5 Å². The van der Waals surface area contributed by atoms with Crippen molar-refractivity contribution in [1.82, 2.24) is 5.43 Å². The van der Waals surface area contributed by atoms with Crippen LogP contribution in [0.1, 0.15) is 10.4 Å². The van der Waals surface area contributed by atoms with E-state index in [1.165, 1.54) is 17.1 Å². The second kappa shape index (κ2) is 6.25. The molecular formula is C17H13N4O3-. The average Bonchev–Trinajstić information content (AvgIpc) is 2.88. The number of hydrogen-bond donors (Lipinski definition) is 2. The molecule has 2 aromatic carbocycles. The highest BCUT2D eigenvalue weighted by molar-refractivity contribution is 6.51. The number of benzene rings is 2. The van der Waals surface area contributed by atoms with Gasteiger partial charge in [0, 0.05) is 5.56 Å². The Morgan fingerprint density at radius 2 is 1.79 bits per heavy atom. The molecule has 1 amide bonds. The number of carbonyl (C=O) groups is 2. The molecule has 0 atom stereocenters. The van der Waals surface area contributed by atoms with Gasteiger partial charge in [-0.1, -0.05) is 43.0 Å². The second-order valence-corrected chi connectivity index (χ2v) is 4.97. The monoisotopic (exact) mass is 321 g/mol. The Labute approximate surface area is 137 Å². The smallest absolute Gasteiger partial charge is 0.299 e. The molecule has 2 N–H and O–H groups in total. The van der Waals surface area contributed by atoms with E-state index in [-0.39, 0.29) is 17.0 Å². The molecule has 24 heavy (non-hydrogen) atoms. The third-order valence-electron chi connectivity index (χ3n) is 3.39. The third kappa shape index (κ3) is 2.82. The fourth-order valence-corrected chi connectivity index (χ4v) is 2.22. The van der Waals surface area contributed by atoms with Gasteiger partial charge in [-0.05, 0) is 18.2 Å². The lowest BCUT2D eigenvalue weighted by molar-refractivity contribution is -0.254. The Morgan fingerprint density at radius 3 is 2.50 bits per heavy atom. The molecule has 7 nitrogen and oxygen atoms in total. The number of hydrogen-bond acceptors (Lipinski definition) is 6. The van der Waals surface area contributed by atoms with E-state index in [0.717, 1.165) is 0 Å². The zero-order valence-electron chi connectivity index (χ0n) is 12.5. The van der Waals surface area contributed by atoms with Crippen molar-refractivity contribution in [1.29, 1.82) is 0 Å². The molecule has 0 bridgehead atoms. The van der Waals surface area contributed by atoms with E-state index in [1.54, 1.807) is 36.4 Å². The maximum Gasteiger partial charge on any atom is 0.299 e. The first-order valence-electron chi connectivity index (χ1n) is 7.07. The number of nitrogens with zero attached hydrogens (tertiary/aromatic N) is 2. The molecule has 1 aliphatic heterocycles. The van der Waals surface area contributed by atoms with Crippen molar-refractivity contribution in [2.24, 2.45) is 5.10 Å². The van der Waals surface area contributed by atoms with Gasteiger partial charge < -0.3 is 9.90 Å². The van der Waals surface area contributed by atoms with Crippen molar-refractivity contribution in [2.45, 2.75) is 0 Å². The van der Waals surface area contributed by atoms with Crippen LogP contribution in [0.3, 0.4) is 0 Å². The van der Waals surface area contributed by atoms with E-state index >= 15 is 0 Å². The first-order valence-corrected chi connectivity index (χ1v) is 7.07. The number of carboxylic acid groups (broad SMARTS) is 1. The summed E-state index contributed by atoms with van der Waals surface area (Å²) in [5, 5.41) is 16.4. The fourth-order valence-electron chi connectivity index (χ4n) is 2.22. The van der Waals surface area contributed by atoms with Crippen LogP contribution in [0.5, 0.6) is 0 Å². The average molecular weight is 321 g/mol. The summed E-state index contributed by atoms with van der Waals surface area (Å²) in [7, 11) is 0. The van der Waals surface area contributed by atoms with Crippen LogP contribution in [-0.2, 0) is 4.79 Å². The fraction of sp³-hybridized carbons (Fsp3) is 0. The first-order chi connectivity index (χ1) is 11.6. The maximum atomic E-state index is 12.5. The molecule has 7 heteroatoms. The lowest BCUT2D eigenvalue weighted by Gasteiger charge is -2.14. The van der Waals surface area contributed by atoms with Crippen molar-refractivity contribution >= 4 is 29.0 Å². The number of carboxylic acids is 1. The molecule has 0 aromatic heterocycles. The first kappa shape index (κ1) is 15.3. The minimum atomic E-state index is -1.33. The highest BCUT2D eigenvalue weighted by atomic mass is 16.4. The summed E-state index contributed by atoms with van der Waals surface area (Å²) in [6.07, 6.45) is 0. The van der Waals surface area contributed by atoms with Crippen LogP contribution >= 0.6 is 0 Å². The molecular weight excluding hydrogens is 308 g/mol. The van der Waals surface area contributed by atoms with Crippen molar-refractivity contribution in [3.05, 3.63) is 72.4 Å². The number of aromatic carboxylic acids is 1. The molecule has 1 saturated heterocycles. The van der Waals surface area contributed by atoms with E-state index in [4.69, 9.17) is 0 Å². The van der Waals surface area contributed by atoms with Gasteiger partial charge in [-0.25, -0.2) is 5.01 Å². The van der Waals surface area contributed by atoms with Crippen LogP contribution in [-0.4, -0.2) is 17.6 Å². The van der Waals surface area contributed by atoms with Gasteiger partial charge in [0.2, 0.25) is 0 Å². The molecule has 0 aliphatic carbocycles. The summed E-state index contributed by atoms with van der Waals surface area (Å²) in [4.78, 5) is 23.5. The number of anilines is 2. The maximum absolute atomic E-state index is 12.5. The molecule has 2 aromatic rings. The van der Waals surface area contributed by atoms with Gasteiger partial charge >= 0.3 is 0 Å². The summed E-state index contributed by atoms with van der Waals surface area (Å²) >= 11 is 0. The van der Waals surface area contributed by atoms with Gasteiger partial charge in [0.15, 0.2) is 5.71 Å². The SMILES string of the molecule is C=C1NN(c2ccccc2)C(=O)C1=NNc1ccccc1C(=O)[O-]. The van der Waals surface area contributed by atoms with Gasteiger partial charge in [-0.3, -0.25) is 15.6 Å². The van der Waals surface area contributed by atoms with Crippen LogP contribution in [0.4, 0.5) is 11.4 Å². The van der Waals surface area contributed by atoms with Crippen LogP contribution in [0, 0.1) is 0 Å². The summed E-state index contributed by atoms with van der Waals surface area (Å²) < 4.78 is 0. The largest absolute Gasteiger partial charge is 0.545 e. The lowest BCUT2D eigenvalue weighted by Crippen LogP contribution is -2.34. The van der Waals surface area contributed by atoms with Gasteiger partial charge in [-0.15, -0.1) is 0 Å². The summed E-state index contributed by atoms with van der Waals surface area (Å²) in [6, 6.07) is 15.1.